The number of aliphatic hydroxyl groups is 2. The first-order valence-corrected chi connectivity index (χ1v) is 16.6. The standard InChI is InChI=1S/C29H41NO11S2/c1-19-10-11-25(32)28(34)24(31)9-5-8-22-15-23(16-26(33)27(22)29(35)40-20(19)2)39-13-12-30-17-21(18-42-41-38-3)7-6-14-43(4,36)37/h5,7-8,10-11,15-16,19-20,24,28,30-31,33-34H,6,9,12-14,17-18H2,1-4H3/b8-5+,11-10-,21-7+/t19-,20+,24+,28+/m1/s1. The Morgan fingerprint density at radius 3 is 2.65 bits per heavy atom. The Morgan fingerprint density at radius 2 is 1.95 bits per heavy atom. The molecule has 4 atom stereocenters. The summed E-state index contributed by atoms with van der Waals surface area (Å²) in [6.07, 6.45) is 5.24. The van der Waals surface area contributed by atoms with Gasteiger partial charge in [0, 0.05) is 49.1 Å². The van der Waals surface area contributed by atoms with Crippen LogP contribution in [-0.2, 0) is 28.6 Å². The zero-order valence-corrected chi connectivity index (χ0v) is 26.4. The minimum absolute atomic E-state index is 0.0336. The predicted molar refractivity (Wildman–Crippen MR) is 163 cm³/mol. The molecule has 0 radical (unpaired) electrons. The fraction of sp³-hybridized carbons (Fsp3) is 0.517. The van der Waals surface area contributed by atoms with Crippen molar-refractivity contribution in [3.63, 3.8) is 0 Å². The van der Waals surface area contributed by atoms with Crippen LogP contribution in [0.4, 0.5) is 0 Å². The monoisotopic (exact) mass is 643 g/mol. The Labute approximate surface area is 256 Å². The van der Waals surface area contributed by atoms with Crippen molar-refractivity contribution in [3.05, 3.63) is 53.1 Å². The third kappa shape index (κ3) is 13.2. The molecule has 1 aromatic rings. The van der Waals surface area contributed by atoms with Gasteiger partial charge in [-0.2, -0.15) is 4.33 Å². The minimum atomic E-state index is -3.09. The number of cyclic esters (lactones) is 1. The molecule has 1 heterocycles. The maximum Gasteiger partial charge on any atom is 0.342 e. The van der Waals surface area contributed by atoms with Crippen LogP contribution in [0.1, 0.15) is 42.6 Å². The number of hydrogen-bond donors (Lipinski definition) is 4. The number of benzene rings is 1. The lowest BCUT2D eigenvalue weighted by atomic mass is 9.99. The molecule has 0 bridgehead atoms. The highest BCUT2D eigenvalue weighted by molar-refractivity contribution is 7.94. The first-order valence-electron chi connectivity index (χ1n) is 13.7. The van der Waals surface area contributed by atoms with Crippen LogP contribution in [0.3, 0.4) is 0 Å². The van der Waals surface area contributed by atoms with Crippen molar-refractivity contribution in [2.24, 2.45) is 5.92 Å². The number of aliphatic hydroxyl groups excluding tert-OH is 2. The second-order valence-electron chi connectivity index (χ2n) is 10.1. The van der Waals surface area contributed by atoms with E-state index in [-0.39, 0.29) is 41.4 Å². The molecule has 0 aromatic heterocycles. The molecule has 43 heavy (non-hydrogen) atoms. The first kappa shape index (κ1) is 36.5. The van der Waals surface area contributed by atoms with E-state index in [1.54, 1.807) is 13.8 Å². The van der Waals surface area contributed by atoms with Crippen LogP contribution in [0.2, 0.25) is 0 Å². The van der Waals surface area contributed by atoms with E-state index in [0.717, 1.165) is 23.7 Å². The number of phenolic OH excluding ortho intramolecular Hbond substituents is 1. The van der Waals surface area contributed by atoms with Gasteiger partial charge in [-0.3, -0.25) is 4.79 Å². The zero-order valence-electron chi connectivity index (χ0n) is 24.7. The molecule has 0 saturated heterocycles. The largest absolute Gasteiger partial charge is 0.507 e. The van der Waals surface area contributed by atoms with Gasteiger partial charge in [0.15, 0.2) is 5.78 Å². The van der Waals surface area contributed by atoms with Crippen LogP contribution in [0.5, 0.6) is 11.5 Å². The molecule has 1 aliphatic heterocycles. The van der Waals surface area contributed by atoms with Crippen molar-refractivity contribution in [2.45, 2.75) is 45.0 Å². The van der Waals surface area contributed by atoms with Crippen LogP contribution in [-0.4, -0.2) is 98.4 Å². The summed E-state index contributed by atoms with van der Waals surface area (Å²) >= 11 is 1.07. The number of carbonyl (C=O) groups is 2. The number of ether oxygens (including phenoxy) is 2. The van der Waals surface area contributed by atoms with Gasteiger partial charge in [0.1, 0.15) is 45.7 Å². The average Bonchev–Trinajstić information content (AvgIpc) is 2.93. The molecule has 0 amide bonds. The molecule has 1 aromatic carbocycles. The molecular formula is C29H41NO11S2. The molecule has 14 heteroatoms. The lowest BCUT2D eigenvalue weighted by Crippen LogP contribution is -2.32. The van der Waals surface area contributed by atoms with Gasteiger partial charge in [-0.25, -0.2) is 18.1 Å². The van der Waals surface area contributed by atoms with Crippen LogP contribution >= 0.6 is 12.0 Å². The number of allylic oxidation sites excluding steroid dienone is 1. The van der Waals surface area contributed by atoms with Gasteiger partial charge in [-0.1, -0.05) is 31.2 Å². The van der Waals surface area contributed by atoms with E-state index in [0.29, 0.717) is 25.3 Å². The zero-order chi connectivity index (χ0) is 32.0. The number of nitrogens with one attached hydrogen (secondary N) is 1. The van der Waals surface area contributed by atoms with Crippen LogP contribution in [0.25, 0.3) is 6.08 Å². The summed E-state index contributed by atoms with van der Waals surface area (Å²) in [5.74, 6) is -1.43. The number of ketones is 1. The summed E-state index contributed by atoms with van der Waals surface area (Å²) in [6, 6.07) is 2.84. The summed E-state index contributed by atoms with van der Waals surface area (Å²) in [6.45, 7) is 4.40. The smallest absolute Gasteiger partial charge is 0.342 e. The van der Waals surface area contributed by atoms with Crippen molar-refractivity contribution in [3.8, 4) is 11.5 Å². The van der Waals surface area contributed by atoms with Gasteiger partial charge >= 0.3 is 5.97 Å². The molecule has 240 valence electrons. The number of fused-ring (bicyclic) bond motifs is 1. The summed E-state index contributed by atoms with van der Waals surface area (Å²) in [5, 5.41) is 34.4. The lowest BCUT2D eigenvalue weighted by molar-refractivity contribution is -0.159. The number of hydrogen-bond acceptors (Lipinski definition) is 13. The van der Waals surface area contributed by atoms with Gasteiger partial charge < -0.3 is 30.1 Å². The summed E-state index contributed by atoms with van der Waals surface area (Å²) in [5.41, 5.74) is 1.08. The van der Waals surface area contributed by atoms with Crippen LogP contribution in [0.15, 0.2) is 42.0 Å². The molecular weight excluding hydrogens is 602 g/mol. The Bertz CT molecular complexity index is 1280. The fourth-order valence-electron chi connectivity index (χ4n) is 3.85. The third-order valence-electron chi connectivity index (χ3n) is 6.44. The van der Waals surface area contributed by atoms with Crippen molar-refractivity contribution in [2.75, 3.05) is 44.6 Å². The molecule has 0 aliphatic carbocycles. The first-order chi connectivity index (χ1) is 20.3. The highest BCUT2D eigenvalue weighted by Crippen LogP contribution is 2.31. The fourth-order valence-corrected chi connectivity index (χ4v) is 4.91. The van der Waals surface area contributed by atoms with Gasteiger partial charge in [-0.15, -0.1) is 0 Å². The molecule has 0 spiro atoms. The van der Waals surface area contributed by atoms with Crippen molar-refractivity contribution < 1.29 is 52.0 Å². The normalized spacial score (nSPS) is 23.6. The predicted octanol–water partition coefficient (Wildman–Crippen LogP) is 2.39. The summed E-state index contributed by atoms with van der Waals surface area (Å²) in [7, 11) is -1.70. The molecule has 0 fully saturated rings. The average molecular weight is 644 g/mol. The van der Waals surface area contributed by atoms with Gasteiger partial charge in [0.05, 0.1) is 19.0 Å². The lowest BCUT2D eigenvalue weighted by Gasteiger charge is -2.20. The molecule has 1 aliphatic rings. The molecule has 0 unspecified atom stereocenters. The second-order valence-corrected chi connectivity index (χ2v) is 13.0. The molecule has 2 rings (SSSR count). The Hall–Kier alpha value is -2.72. The molecule has 12 nitrogen and oxygen atoms in total. The van der Waals surface area contributed by atoms with Crippen LogP contribution < -0.4 is 10.1 Å². The van der Waals surface area contributed by atoms with E-state index in [2.05, 4.69) is 10.2 Å². The number of sulfone groups is 1. The summed E-state index contributed by atoms with van der Waals surface area (Å²) < 4.78 is 39.0. The number of phenols is 1. The number of rotatable bonds is 13. The molecule has 4 N–H and O–H groups in total. The maximum absolute atomic E-state index is 13.0. The van der Waals surface area contributed by atoms with Crippen molar-refractivity contribution >= 4 is 39.7 Å². The highest BCUT2D eigenvalue weighted by Gasteiger charge is 2.25. The van der Waals surface area contributed by atoms with Crippen molar-refractivity contribution in [1.82, 2.24) is 5.32 Å². The minimum Gasteiger partial charge on any atom is -0.507 e. The number of esters is 1. The number of aromatic hydroxyl groups is 1. The van der Waals surface area contributed by atoms with Crippen LogP contribution in [0, 0.1) is 5.92 Å². The summed E-state index contributed by atoms with van der Waals surface area (Å²) in [4.78, 5) is 29.8. The topological polar surface area (TPSA) is 178 Å². The third-order valence-corrected chi connectivity index (χ3v) is 8.13. The van der Waals surface area contributed by atoms with E-state index in [1.165, 1.54) is 43.7 Å². The van der Waals surface area contributed by atoms with E-state index in [9.17, 15) is 33.3 Å². The van der Waals surface area contributed by atoms with E-state index < -0.39 is 45.8 Å². The van der Waals surface area contributed by atoms with Gasteiger partial charge in [0.25, 0.3) is 0 Å². The maximum atomic E-state index is 13.0. The second kappa shape index (κ2) is 18.2. The van der Waals surface area contributed by atoms with Gasteiger partial charge in [-0.05, 0) is 43.0 Å². The molecule has 0 saturated carbocycles. The van der Waals surface area contributed by atoms with E-state index in [1.807, 2.05) is 6.08 Å². The Morgan fingerprint density at radius 1 is 1.21 bits per heavy atom. The Balaban J connectivity index is 2.13. The SMILES string of the molecule is COOSC/C(=C/CCS(C)(=O)=O)CNCCOc1cc(O)c2c(c1)/C=C/C[C@H](O)[C@H](O)C(=O)/C=C\[C@@H](C)[C@H](C)OC2=O. The van der Waals surface area contributed by atoms with Gasteiger partial charge in [0.2, 0.25) is 0 Å². The Kier molecular flexibility index (Phi) is 15.4. The quantitative estimate of drug-likeness (QED) is 0.0616. The van der Waals surface area contributed by atoms with Crippen molar-refractivity contribution in [1.29, 1.82) is 0 Å². The highest BCUT2D eigenvalue weighted by atomic mass is 32.2. The van der Waals surface area contributed by atoms with E-state index in [4.69, 9.17) is 13.8 Å². The van der Waals surface area contributed by atoms with E-state index >= 15 is 0 Å². The number of carbonyl (C=O) groups excluding carboxylic acids is 2.